The molecule has 0 bridgehead atoms. The molecule has 0 aliphatic carbocycles. The second kappa shape index (κ2) is 5.55. The van der Waals surface area contributed by atoms with Crippen LogP contribution in [-0.4, -0.2) is 19.5 Å². The number of rotatable bonds is 4. The Labute approximate surface area is 92.8 Å². The van der Waals surface area contributed by atoms with Gasteiger partial charge in [0.15, 0.2) is 0 Å². The van der Waals surface area contributed by atoms with Gasteiger partial charge in [-0.2, -0.15) is 0 Å². The fraction of sp³-hybridized carbons (Fsp3) is 0.364. The van der Waals surface area contributed by atoms with E-state index >= 15 is 0 Å². The molecule has 5 heteroatoms. The van der Waals surface area contributed by atoms with Crippen LogP contribution in [-0.2, 0) is 4.79 Å². The molecule has 1 rings (SSSR count). The van der Waals surface area contributed by atoms with Gasteiger partial charge in [-0.25, -0.2) is 8.78 Å². The first-order chi connectivity index (χ1) is 7.54. The molecule has 1 atom stereocenters. The van der Waals surface area contributed by atoms with Crippen LogP contribution < -0.4 is 10.6 Å². The van der Waals surface area contributed by atoms with E-state index in [1.165, 1.54) is 12.1 Å². The number of hydrogen-bond acceptors (Lipinski definition) is 2. The Morgan fingerprint density at radius 1 is 1.44 bits per heavy atom. The second-order valence-corrected chi connectivity index (χ2v) is 3.49. The van der Waals surface area contributed by atoms with Crippen LogP contribution in [0.5, 0.6) is 0 Å². The van der Waals surface area contributed by atoms with Crippen molar-refractivity contribution in [1.29, 1.82) is 0 Å². The van der Waals surface area contributed by atoms with Crippen molar-refractivity contribution in [1.82, 2.24) is 10.6 Å². The predicted molar refractivity (Wildman–Crippen MR) is 56.8 cm³/mol. The monoisotopic (exact) mass is 228 g/mol. The van der Waals surface area contributed by atoms with E-state index in [2.05, 4.69) is 10.6 Å². The first kappa shape index (κ1) is 12.6. The highest BCUT2D eigenvalue weighted by Crippen LogP contribution is 2.17. The van der Waals surface area contributed by atoms with Crippen molar-refractivity contribution in [2.75, 3.05) is 13.6 Å². The third-order valence-corrected chi connectivity index (χ3v) is 2.14. The number of benzene rings is 1. The number of halogens is 2. The van der Waals surface area contributed by atoms with Gasteiger partial charge in [0.05, 0.1) is 12.6 Å². The highest BCUT2D eigenvalue weighted by atomic mass is 19.1. The first-order valence-corrected chi connectivity index (χ1v) is 4.93. The smallest absolute Gasteiger partial charge is 0.234 e. The topological polar surface area (TPSA) is 41.1 Å². The largest absolute Gasteiger partial charge is 0.348 e. The van der Waals surface area contributed by atoms with Crippen molar-refractivity contribution in [3.63, 3.8) is 0 Å². The fourth-order valence-electron chi connectivity index (χ4n) is 1.38. The van der Waals surface area contributed by atoms with Crippen molar-refractivity contribution < 1.29 is 13.6 Å². The van der Waals surface area contributed by atoms with Gasteiger partial charge in [-0.1, -0.05) is 6.07 Å². The maximum Gasteiger partial charge on any atom is 0.234 e. The quantitative estimate of drug-likeness (QED) is 0.817. The van der Waals surface area contributed by atoms with Crippen LogP contribution in [0.1, 0.15) is 18.5 Å². The molecule has 0 saturated heterocycles. The minimum Gasteiger partial charge on any atom is -0.348 e. The Hall–Kier alpha value is -1.49. The number of likely N-dealkylation sites (N-methyl/N-ethyl adjacent to an activating group) is 1. The van der Waals surface area contributed by atoms with Crippen LogP contribution in [0.4, 0.5) is 8.78 Å². The van der Waals surface area contributed by atoms with Gasteiger partial charge in [-0.3, -0.25) is 4.79 Å². The number of carbonyl (C=O) groups is 1. The lowest BCUT2D eigenvalue weighted by Crippen LogP contribution is -2.34. The van der Waals surface area contributed by atoms with Crippen molar-refractivity contribution in [2.45, 2.75) is 13.0 Å². The summed E-state index contributed by atoms with van der Waals surface area (Å²) in [6, 6.07) is 2.81. The standard InChI is InChI=1S/C11H14F2N2O/c1-7(15-11(16)6-14-2)9-4-3-8(12)5-10(9)13/h3-5,7,14H,6H2,1-2H3,(H,15,16). The lowest BCUT2D eigenvalue weighted by Gasteiger charge is -2.14. The third kappa shape index (κ3) is 3.27. The Kier molecular flexibility index (Phi) is 4.37. The van der Waals surface area contributed by atoms with Gasteiger partial charge < -0.3 is 10.6 Å². The summed E-state index contributed by atoms with van der Waals surface area (Å²) in [5, 5.41) is 5.28. The number of nitrogens with one attached hydrogen (secondary N) is 2. The Bertz CT molecular complexity index is 382. The highest BCUT2D eigenvalue weighted by molar-refractivity contribution is 5.78. The van der Waals surface area contributed by atoms with Gasteiger partial charge >= 0.3 is 0 Å². The molecule has 1 unspecified atom stereocenters. The second-order valence-electron chi connectivity index (χ2n) is 3.49. The lowest BCUT2D eigenvalue weighted by molar-refractivity contribution is -0.120. The summed E-state index contributed by atoms with van der Waals surface area (Å²) in [4.78, 5) is 11.2. The van der Waals surface area contributed by atoms with Crippen molar-refractivity contribution in [3.05, 3.63) is 35.4 Å². The molecule has 0 aliphatic heterocycles. The molecule has 0 fully saturated rings. The summed E-state index contributed by atoms with van der Waals surface area (Å²) < 4.78 is 26.0. The molecule has 0 saturated carbocycles. The van der Waals surface area contributed by atoms with Crippen molar-refractivity contribution >= 4 is 5.91 Å². The molecule has 2 N–H and O–H groups in total. The molecule has 1 aromatic rings. The number of carbonyl (C=O) groups excluding carboxylic acids is 1. The molecule has 3 nitrogen and oxygen atoms in total. The van der Waals surface area contributed by atoms with Crippen molar-refractivity contribution in [2.24, 2.45) is 0 Å². The van der Waals surface area contributed by atoms with E-state index in [0.717, 1.165) is 6.07 Å². The van der Waals surface area contributed by atoms with Crippen LogP contribution in [0.3, 0.4) is 0 Å². The van der Waals surface area contributed by atoms with Gasteiger partial charge in [0, 0.05) is 11.6 Å². The molecule has 88 valence electrons. The first-order valence-electron chi connectivity index (χ1n) is 4.93. The Morgan fingerprint density at radius 2 is 2.12 bits per heavy atom. The molecular weight excluding hydrogens is 214 g/mol. The molecule has 0 spiro atoms. The van der Waals surface area contributed by atoms with Gasteiger partial charge in [-0.05, 0) is 20.0 Å². The van der Waals surface area contributed by atoms with Crippen molar-refractivity contribution in [3.8, 4) is 0 Å². The van der Waals surface area contributed by atoms with Gasteiger partial charge in [0.1, 0.15) is 11.6 Å². The third-order valence-electron chi connectivity index (χ3n) is 2.14. The molecule has 0 aliphatic rings. The fourth-order valence-corrected chi connectivity index (χ4v) is 1.38. The van der Waals surface area contributed by atoms with Gasteiger partial charge in [0.25, 0.3) is 0 Å². The Balaban J connectivity index is 2.72. The molecular formula is C11H14F2N2O. The molecule has 16 heavy (non-hydrogen) atoms. The summed E-state index contributed by atoms with van der Waals surface area (Å²) in [7, 11) is 1.64. The number of amides is 1. The van der Waals surface area contributed by atoms with E-state index in [4.69, 9.17) is 0 Å². The van der Waals surface area contributed by atoms with Gasteiger partial charge in [0.2, 0.25) is 5.91 Å². The van der Waals surface area contributed by atoms with Crippen LogP contribution in [0.25, 0.3) is 0 Å². The molecule has 1 amide bonds. The van der Waals surface area contributed by atoms with Crippen LogP contribution in [0.2, 0.25) is 0 Å². The maximum atomic E-state index is 13.3. The minimum absolute atomic E-state index is 0.160. The zero-order valence-corrected chi connectivity index (χ0v) is 9.18. The van der Waals surface area contributed by atoms with E-state index in [0.29, 0.717) is 0 Å². The normalized spacial score (nSPS) is 12.2. The van der Waals surface area contributed by atoms with Crippen LogP contribution in [0.15, 0.2) is 18.2 Å². The van der Waals surface area contributed by atoms with E-state index in [1.807, 2.05) is 0 Å². The SMILES string of the molecule is CNCC(=O)NC(C)c1ccc(F)cc1F. The van der Waals surface area contributed by atoms with Crippen LogP contribution >= 0.6 is 0 Å². The summed E-state index contributed by atoms with van der Waals surface area (Å²) in [6.07, 6.45) is 0. The summed E-state index contributed by atoms with van der Waals surface area (Å²) in [6.45, 7) is 1.80. The molecule has 0 radical (unpaired) electrons. The lowest BCUT2D eigenvalue weighted by atomic mass is 10.1. The molecule has 1 aromatic carbocycles. The summed E-state index contributed by atoms with van der Waals surface area (Å²) in [5.41, 5.74) is 0.269. The zero-order chi connectivity index (χ0) is 12.1. The average molecular weight is 228 g/mol. The summed E-state index contributed by atoms with van der Waals surface area (Å²) >= 11 is 0. The zero-order valence-electron chi connectivity index (χ0n) is 9.18. The Morgan fingerprint density at radius 3 is 2.69 bits per heavy atom. The number of hydrogen-bond donors (Lipinski definition) is 2. The van der Waals surface area contributed by atoms with Gasteiger partial charge in [-0.15, -0.1) is 0 Å². The van der Waals surface area contributed by atoms with E-state index < -0.39 is 17.7 Å². The highest BCUT2D eigenvalue weighted by Gasteiger charge is 2.13. The minimum atomic E-state index is -0.655. The molecule has 0 aromatic heterocycles. The van der Waals surface area contributed by atoms with E-state index in [-0.39, 0.29) is 18.0 Å². The maximum absolute atomic E-state index is 13.3. The average Bonchev–Trinajstić information content (AvgIpc) is 2.17. The van der Waals surface area contributed by atoms with E-state index in [1.54, 1.807) is 14.0 Å². The van der Waals surface area contributed by atoms with Crippen LogP contribution in [0, 0.1) is 11.6 Å². The molecule has 0 heterocycles. The van der Waals surface area contributed by atoms with E-state index in [9.17, 15) is 13.6 Å². The summed E-state index contributed by atoms with van der Waals surface area (Å²) in [5.74, 6) is -1.52. The predicted octanol–water partition coefficient (Wildman–Crippen LogP) is 1.36.